The Balaban J connectivity index is 2.28. The lowest BCUT2D eigenvalue weighted by molar-refractivity contribution is 0.0698. The van der Waals surface area contributed by atoms with Crippen molar-refractivity contribution in [2.45, 2.75) is 13.5 Å². The lowest BCUT2D eigenvalue weighted by Crippen LogP contribution is -2.24. The van der Waals surface area contributed by atoms with Gasteiger partial charge in [0.1, 0.15) is 5.82 Å². The van der Waals surface area contributed by atoms with Crippen molar-refractivity contribution in [3.63, 3.8) is 0 Å². The Bertz CT molecular complexity index is 601. The molecule has 0 unspecified atom stereocenters. The SMILES string of the molecule is CCN(Cc1ccccn1)c1cc(C(=O)O)c(N)cn1. The maximum Gasteiger partial charge on any atom is 0.337 e. The van der Waals surface area contributed by atoms with Gasteiger partial charge in [0.15, 0.2) is 0 Å². The van der Waals surface area contributed by atoms with Crippen LogP contribution >= 0.6 is 0 Å². The monoisotopic (exact) mass is 272 g/mol. The Labute approximate surface area is 116 Å². The molecule has 0 saturated carbocycles. The van der Waals surface area contributed by atoms with Crippen LogP contribution in [0.2, 0.25) is 0 Å². The summed E-state index contributed by atoms with van der Waals surface area (Å²) in [6.45, 7) is 3.22. The molecule has 0 aliphatic carbocycles. The molecule has 2 aromatic heterocycles. The van der Waals surface area contributed by atoms with Crippen LogP contribution in [0.15, 0.2) is 36.7 Å². The molecule has 0 aliphatic rings. The normalized spacial score (nSPS) is 10.2. The summed E-state index contributed by atoms with van der Waals surface area (Å²) in [6.07, 6.45) is 3.10. The molecule has 0 fully saturated rings. The largest absolute Gasteiger partial charge is 0.478 e. The van der Waals surface area contributed by atoms with Crippen LogP contribution in [0.25, 0.3) is 0 Å². The number of hydrogen-bond donors (Lipinski definition) is 2. The number of aromatic nitrogens is 2. The van der Waals surface area contributed by atoms with Gasteiger partial charge in [0.2, 0.25) is 0 Å². The Kier molecular flexibility index (Phi) is 4.14. The minimum atomic E-state index is -1.06. The smallest absolute Gasteiger partial charge is 0.337 e. The van der Waals surface area contributed by atoms with Crippen molar-refractivity contribution < 1.29 is 9.90 Å². The van der Waals surface area contributed by atoms with Gasteiger partial charge in [-0.3, -0.25) is 4.98 Å². The number of anilines is 2. The average molecular weight is 272 g/mol. The van der Waals surface area contributed by atoms with E-state index >= 15 is 0 Å². The molecule has 0 amide bonds. The van der Waals surface area contributed by atoms with E-state index in [4.69, 9.17) is 10.8 Å². The lowest BCUT2D eigenvalue weighted by atomic mass is 10.2. The van der Waals surface area contributed by atoms with Crippen molar-refractivity contribution in [2.75, 3.05) is 17.2 Å². The third kappa shape index (κ3) is 3.03. The van der Waals surface area contributed by atoms with E-state index in [0.717, 1.165) is 5.69 Å². The van der Waals surface area contributed by atoms with Crippen LogP contribution in [0, 0.1) is 0 Å². The predicted molar refractivity (Wildman–Crippen MR) is 76.6 cm³/mol. The van der Waals surface area contributed by atoms with Gasteiger partial charge in [0.05, 0.1) is 29.7 Å². The molecule has 104 valence electrons. The van der Waals surface area contributed by atoms with Crippen molar-refractivity contribution in [3.05, 3.63) is 47.9 Å². The first-order chi connectivity index (χ1) is 9.61. The summed E-state index contributed by atoms with van der Waals surface area (Å²) in [5.74, 6) is -0.482. The van der Waals surface area contributed by atoms with Crippen LogP contribution in [0.1, 0.15) is 23.0 Å². The van der Waals surface area contributed by atoms with Gasteiger partial charge >= 0.3 is 5.97 Å². The predicted octanol–water partition coefficient (Wildman–Crippen LogP) is 1.78. The molecular weight excluding hydrogens is 256 g/mol. The first kappa shape index (κ1) is 13.8. The Morgan fingerprint density at radius 1 is 1.40 bits per heavy atom. The maximum atomic E-state index is 11.1. The zero-order valence-electron chi connectivity index (χ0n) is 11.2. The summed E-state index contributed by atoms with van der Waals surface area (Å²) in [5, 5.41) is 9.10. The second-order valence-corrected chi connectivity index (χ2v) is 4.27. The van der Waals surface area contributed by atoms with Crippen LogP contribution in [-0.2, 0) is 6.54 Å². The molecule has 0 saturated heterocycles. The molecule has 2 rings (SSSR count). The number of pyridine rings is 2. The van der Waals surface area contributed by atoms with Gasteiger partial charge < -0.3 is 15.7 Å². The fraction of sp³-hybridized carbons (Fsp3) is 0.214. The number of rotatable bonds is 5. The van der Waals surface area contributed by atoms with Crippen LogP contribution < -0.4 is 10.6 Å². The second kappa shape index (κ2) is 6.01. The van der Waals surface area contributed by atoms with Gasteiger partial charge in [-0.2, -0.15) is 0 Å². The summed E-state index contributed by atoms with van der Waals surface area (Å²) >= 11 is 0. The molecule has 0 atom stereocenters. The number of carbonyl (C=O) groups is 1. The van der Waals surface area contributed by atoms with E-state index in [-0.39, 0.29) is 11.3 Å². The molecular formula is C14H16N4O2. The molecule has 0 aliphatic heterocycles. The first-order valence-corrected chi connectivity index (χ1v) is 6.25. The molecule has 3 N–H and O–H groups in total. The third-order valence-electron chi connectivity index (χ3n) is 2.94. The first-order valence-electron chi connectivity index (χ1n) is 6.25. The summed E-state index contributed by atoms with van der Waals surface area (Å²) in [7, 11) is 0. The summed E-state index contributed by atoms with van der Waals surface area (Å²) in [4.78, 5) is 21.5. The molecule has 20 heavy (non-hydrogen) atoms. The van der Waals surface area contributed by atoms with Gasteiger partial charge in [-0.05, 0) is 25.1 Å². The van der Waals surface area contributed by atoms with Crippen molar-refractivity contribution in [1.29, 1.82) is 0 Å². The topological polar surface area (TPSA) is 92.3 Å². The highest BCUT2D eigenvalue weighted by Gasteiger charge is 2.13. The summed E-state index contributed by atoms with van der Waals surface area (Å²) in [6, 6.07) is 7.17. The molecule has 0 aromatic carbocycles. The van der Waals surface area contributed by atoms with Crippen molar-refractivity contribution in [1.82, 2.24) is 9.97 Å². The molecule has 0 spiro atoms. The fourth-order valence-electron chi connectivity index (χ4n) is 1.86. The number of nitrogens with zero attached hydrogens (tertiary/aromatic N) is 3. The molecule has 6 heteroatoms. The minimum absolute atomic E-state index is 0.0643. The van der Waals surface area contributed by atoms with E-state index in [1.807, 2.05) is 30.0 Å². The van der Waals surface area contributed by atoms with Gasteiger partial charge in [-0.25, -0.2) is 9.78 Å². The van der Waals surface area contributed by atoms with Crippen LogP contribution in [0.5, 0.6) is 0 Å². The highest BCUT2D eigenvalue weighted by Crippen LogP contribution is 2.19. The zero-order valence-corrected chi connectivity index (χ0v) is 11.2. The van der Waals surface area contributed by atoms with E-state index in [9.17, 15) is 4.79 Å². The molecule has 2 aromatic rings. The van der Waals surface area contributed by atoms with Crippen LogP contribution in [0.3, 0.4) is 0 Å². The highest BCUT2D eigenvalue weighted by atomic mass is 16.4. The number of aromatic carboxylic acids is 1. The number of nitrogens with two attached hydrogens (primary N) is 1. The van der Waals surface area contributed by atoms with E-state index in [2.05, 4.69) is 9.97 Å². The van der Waals surface area contributed by atoms with E-state index in [1.165, 1.54) is 12.3 Å². The minimum Gasteiger partial charge on any atom is -0.478 e. The van der Waals surface area contributed by atoms with Crippen molar-refractivity contribution >= 4 is 17.5 Å². The van der Waals surface area contributed by atoms with Crippen LogP contribution in [-0.4, -0.2) is 27.6 Å². The highest BCUT2D eigenvalue weighted by molar-refractivity contribution is 5.94. The van der Waals surface area contributed by atoms with Crippen LogP contribution in [0.4, 0.5) is 11.5 Å². The fourth-order valence-corrected chi connectivity index (χ4v) is 1.86. The van der Waals surface area contributed by atoms with Crippen molar-refractivity contribution in [3.8, 4) is 0 Å². The molecule has 2 heterocycles. The Hall–Kier alpha value is -2.63. The van der Waals surface area contributed by atoms with E-state index < -0.39 is 5.97 Å². The Morgan fingerprint density at radius 2 is 2.20 bits per heavy atom. The molecule has 6 nitrogen and oxygen atoms in total. The molecule has 0 radical (unpaired) electrons. The number of carboxylic acid groups (broad SMARTS) is 1. The number of nitrogen functional groups attached to an aromatic ring is 1. The molecule has 0 bridgehead atoms. The number of carboxylic acids is 1. The Morgan fingerprint density at radius 3 is 2.80 bits per heavy atom. The quantitative estimate of drug-likeness (QED) is 0.862. The second-order valence-electron chi connectivity index (χ2n) is 4.27. The maximum absolute atomic E-state index is 11.1. The standard InChI is InChI=1S/C14H16N4O2/c1-2-18(9-10-5-3-4-6-16-10)13-7-11(14(19)20)12(15)8-17-13/h3-8H,2,9,15H2,1H3,(H,19,20). The van der Waals surface area contributed by atoms with Gasteiger partial charge in [-0.15, -0.1) is 0 Å². The van der Waals surface area contributed by atoms with Gasteiger partial charge in [0.25, 0.3) is 0 Å². The summed E-state index contributed by atoms with van der Waals surface area (Å²) in [5.41, 5.74) is 6.73. The average Bonchev–Trinajstić information content (AvgIpc) is 2.46. The van der Waals surface area contributed by atoms with Crippen molar-refractivity contribution in [2.24, 2.45) is 0 Å². The van der Waals surface area contributed by atoms with E-state index in [1.54, 1.807) is 6.20 Å². The lowest BCUT2D eigenvalue weighted by Gasteiger charge is -2.22. The van der Waals surface area contributed by atoms with Gasteiger partial charge in [0, 0.05) is 12.7 Å². The third-order valence-corrected chi connectivity index (χ3v) is 2.94. The number of hydrogen-bond acceptors (Lipinski definition) is 5. The summed E-state index contributed by atoms with van der Waals surface area (Å²) < 4.78 is 0. The van der Waals surface area contributed by atoms with E-state index in [0.29, 0.717) is 18.9 Å². The van der Waals surface area contributed by atoms with Gasteiger partial charge in [-0.1, -0.05) is 6.07 Å². The zero-order chi connectivity index (χ0) is 14.5.